The molecule has 0 radical (unpaired) electrons. The lowest BCUT2D eigenvalue weighted by atomic mass is 10.3. The van der Waals surface area contributed by atoms with Crippen molar-refractivity contribution in [1.82, 2.24) is 9.97 Å². The topological polar surface area (TPSA) is 54.9 Å². The van der Waals surface area contributed by atoms with Crippen LogP contribution in [0.4, 0.5) is 5.82 Å². The molecule has 0 saturated carbocycles. The molecule has 0 aliphatic carbocycles. The summed E-state index contributed by atoms with van der Waals surface area (Å²) < 4.78 is 0.891. The Morgan fingerprint density at radius 2 is 2.11 bits per heavy atom. The van der Waals surface area contributed by atoms with Crippen molar-refractivity contribution in [3.8, 4) is 0 Å². The number of amides is 1. The average molecular weight is 326 g/mol. The van der Waals surface area contributed by atoms with Crippen molar-refractivity contribution in [3.63, 3.8) is 0 Å². The fraction of sp³-hybridized carbons (Fsp3) is 0.250. The first-order valence-electron chi connectivity index (χ1n) is 5.35. The minimum absolute atomic E-state index is 0.156. The maximum absolute atomic E-state index is 12.1. The molecule has 1 N–H and O–H groups in total. The van der Waals surface area contributed by atoms with E-state index in [1.165, 1.54) is 11.3 Å². The zero-order valence-electron chi connectivity index (χ0n) is 10.2. The van der Waals surface area contributed by atoms with E-state index in [1.54, 1.807) is 6.20 Å². The summed E-state index contributed by atoms with van der Waals surface area (Å²) in [6.45, 7) is 5.62. The Morgan fingerprint density at radius 1 is 1.39 bits per heavy atom. The van der Waals surface area contributed by atoms with Crippen molar-refractivity contribution in [3.05, 3.63) is 37.9 Å². The molecule has 0 bridgehead atoms. The van der Waals surface area contributed by atoms with E-state index in [1.807, 2.05) is 26.8 Å². The molecule has 0 saturated heterocycles. The highest BCUT2D eigenvalue weighted by Gasteiger charge is 2.15. The lowest BCUT2D eigenvalue weighted by Crippen LogP contribution is -2.13. The van der Waals surface area contributed by atoms with Crippen LogP contribution in [-0.2, 0) is 0 Å². The highest BCUT2D eigenvalue weighted by atomic mass is 79.9. The van der Waals surface area contributed by atoms with Gasteiger partial charge in [0.2, 0.25) is 0 Å². The summed E-state index contributed by atoms with van der Waals surface area (Å²) in [5.41, 5.74) is 1.67. The fourth-order valence-electron chi connectivity index (χ4n) is 1.58. The molecule has 4 nitrogen and oxygen atoms in total. The van der Waals surface area contributed by atoms with Crippen LogP contribution in [0, 0.1) is 20.8 Å². The van der Waals surface area contributed by atoms with E-state index in [9.17, 15) is 4.79 Å². The number of carbonyl (C=O) groups is 1. The van der Waals surface area contributed by atoms with E-state index in [-0.39, 0.29) is 5.91 Å². The van der Waals surface area contributed by atoms with Gasteiger partial charge in [0.05, 0.1) is 10.7 Å². The van der Waals surface area contributed by atoms with E-state index in [2.05, 4.69) is 31.2 Å². The number of aryl methyl sites for hydroxylation is 3. The summed E-state index contributed by atoms with van der Waals surface area (Å²) in [6.07, 6.45) is 1.66. The molecular formula is C12H12BrN3OS. The zero-order valence-corrected chi connectivity index (χ0v) is 12.6. The van der Waals surface area contributed by atoms with Crippen molar-refractivity contribution >= 4 is 39.0 Å². The Bertz CT molecular complexity index is 609. The minimum atomic E-state index is -0.156. The summed E-state index contributed by atoms with van der Waals surface area (Å²) in [5, 5.41) is 3.69. The number of nitrogens with zero attached hydrogens (tertiary/aromatic N) is 2. The number of hydrogen-bond acceptors (Lipinski definition) is 4. The predicted molar refractivity (Wildman–Crippen MR) is 76.2 cm³/mol. The molecule has 2 rings (SSSR count). The molecule has 2 heterocycles. The van der Waals surface area contributed by atoms with Gasteiger partial charge in [-0.2, -0.15) is 0 Å². The largest absolute Gasteiger partial charge is 0.306 e. The molecule has 0 aromatic carbocycles. The molecule has 18 heavy (non-hydrogen) atoms. The monoisotopic (exact) mass is 325 g/mol. The first-order valence-corrected chi connectivity index (χ1v) is 6.96. The number of pyridine rings is 1. The molecule has 0 atom stereocenters. The Morgan fingerprint density at radius 3 is 2.67 bits per heavy atom. The number of carbonyl (C=O) groups excluding carboxylic acids is 1. The van der Waals surface area contributed by atoms with Gasteiger partial charge in [0.25, 0.3) is 5.91 Å². The van der Waals surface area contributed by atoms with Crippen LogP contribution >= 0.6 is 27.3 Å². The van der Waals surface area contributed by atoms with Crippen molar-refractivity contribution in [1.29, 1.82) is 0 Å². The number of rotatable bonds is 2. The maximum Gasteiger partial charge on any atom is 0.268 e. The highest BCUT2D eigenvalue weighted by molar-refractivity contribution is 9.10. The van der Waals surface area contributed by atoms with Gasteiger partial charge in [-0.25, -0.2) is 9.97 Å². The summed E-state index contributed by atoms with van der Waals surface area (Å²) >= 11 is 4.73. The van der Waals surface area contributed by atoms with E-state index in [0.717, 1.165) is 20.7 Å². The standard InChI is InChI=1S/C12H12BrN3OS/c1-6-4-9(13)5-14-11(6)16-12(17)10-7(2)15-8(3)18-10/h4-5H,1-3H3,(H,14,16,17). The zero-order chi connectivity index (χ0) is 13.3. The number of halogens is 1. The Kier molecular flexibility index (Phi) is 3.77. The van der Waals surface area contributed by atoms with Gasteiger partial charge in [0.15, 0.2) is 0 Å². The average Bonchev–Trinajstić information content (AvgIpc) is 2.62. The lowest BCUT2D eigenvalue weighted by Gasteiger charge is -2.06. The van der Waals surface area contributed by atoms with Gasteiger partial charge >= 0.3 is 0 Å². The van der Waals surface area contributed by atoms with Crippen molar-refractivity contribution in [2.24, 2.45) is 0 Å². The molecule has 1 amide bonds. The van der Waals surface area contributed by atoms with E-state index < -0.39 is 0 Å². The Labute approximate surface area is 118 Å². The lowest BCUT2D eigenvalue weighted by molar-refractivity contribution is 0.102. The van der Waals surface area contributed by atoms with Gasteiger partial charge in [-0.15, -0.1) is 11.3 Å². The third kappa shape index (κ3) is 2.76. The number of hydrogen-bond donors (Lipinski definition) is 1. The molecule has 6 heteroatoms. The van der Waals surface area contributed by atoms with Gasteiger partial charge in [-0.05, 0) is 48.3 Å². The van der Waals surface area contributed by atoms with Crippen LogP contribution in [0.1, 0.15) is 25.9 Å². The Hall–Kier alpha value is -1.27. The van der Waals surface area contributed by atoms with Gasteiger partial charge in [0.1, 0.15) is 10.7 Å². The maximum atomic E-state index is 12.1. The first-order chi connectivity index (χ1) is 8.47. The van der Waals surface area contributed by atoms with E-state index in [0.29, 0.717) is 10.7 Å². The summed E-state index contributed by atoms with van der Waals surface area (Å²) in [6, 6.07) is 1.91. The molecule has 0 spiro atoms. The molecule has 2 aromatic rings. The second-order valence-corrected chi connectivity index (χ2v) is 6.04. The minimum Gasteiger partial charge on any atom is -0.306 e. The molecule has 94 valence electrons. The highest BCUT2D eigenvalue weighted by Crippen LogP contribution is 2.21. The van der Waals surface area contributed by atoms with Crippen LogP contribution in [0.15, 0.2) is 16.7 Å². The summed E-state index contributed by atoms with van der Waals surface area (Å²) in [4.78, 5) is 21.2. The van der Waals surface area contributed by atoms with Crippen LogP contribution < -0.4 is 5.32 Å². The first kappa shape index (κ1) is 13.2. The number of thiazole rings is 1. The van der Waals surface area contributed by atoms with Gasteiger partial charge in [-0.1, -0.05) is 0 Å². The Balaban J connectivity index is 2.24. The van der Waals surface area contributed by atoms with E-state index >= 15 is 0 Å². The quantitative estimate of drug-likeness (QED) is 0.919. The number of nitrogens with one attached hydrogen (secondary N) is 1. The SMILES string of the molecule is Cc1nc(C)c(C(=O)Nc2ncc(Br)cc2C)s1. The van der Waals surface area contributed by atoms with Crippen LogP contribution in [-0.4, -0.2) is 15.9 Å². The second kappa shape index (κ2) is 5.16. The summed E-state index contributed by atoms with van der Waals surface area (Å²) in [5.74, 6) is 0.421. The third-order valence-corrected chi connectivity index (χ3v) is 3.89. The van der Waals surface area contributed by atoms with Gasteiger partial charge in [0, 0.05) is 10.7 Å². The van der Waals surface area contributed by atoms with Gasteiger partial charge < -0.3 is 5.32 Å². The smallest absolute Gasteiger partial charge is 0.268 e. The molecule has 0 fully saturated rings. The van der Waals surface area contributed by atoms with E-state index in [4.69, 9.17) is 0 Å². The normalized spacial score (nSPS) is 10.4. The van der Waals surface area contributed by atoms with Crippen LogP contribution in [0.2, 0.25) is 0 Å². The van der Waals surface area contributed by atoms with Crippen molar-refractivity contribution < 1.29 is 4.79 Å². The van der Waals surface area contributed by atoms with Crippen molar-refractivity contribution in [2.75, 3.05) is 5.32 Å². The number of aromatic nitrogens is 2. The second-order valence-electron chi connectivity index (χ2n) is 3.92. The van der Waals surface area contributed by atoms with Crippen LogP contribution in [0.5, 0.6) is 0 Å². The molecule has 0 unspecified atom stereocenters. The predicted octanol–water partition coefficient (Wildman–Crippen LogP) is 3.48. The molecule has 0 aliphatic heterocycles. The fourth-order valence-corrected chi connectivity index (χ4v) is 2.84. The molecular weight excluding hydrogens is 314 g/mol. The van der Waals surface area contributed by atoms with Crippen LogP contribution in [0.25, 0.3) is 0 Å². The molecule has 2 aromatic heterocycles. The number of anilines is 1. The van der Waals surface area contributed by atoms with Gasteiger partial charge in [-0.3, -0.25) is 4.79 Å². The van der Waals surface area contributed by atoms with Crippen molar-refractivity contribution in [2.45, 2.75) is 20.8 Å². The van der Waals surface area contributed by atoms with Crippen LogP contribution in [0.3, 0.4) is 0 Å². The molecule has 0 aliphatic rings. The third-order valence-electron chi connectivity index (χ3n) is 2.39. The summed E-state index contributed by atoms with van der Waals surface area (Å²) in [7, 11) is 0.